The van der Waals surface area contributed by atoms with Crippen LogP contribution >= 0.6 is 0 Å². The molecule has 154 valence electrons. The fourth-order valence-corrected chi connectivity index (χ4v) is 4.06. The Bertz CT molecular complexity index is 967. The van der Waals surface area contributed by atoms with Gasteiger partial charge in [0.1, 0.15) is 5.82 Å². The number of carbonyl (C=O) groups excluding carboxylic acids is 1. The molecular weight excluding hydrogens is 375 g/mol. The third kappa shape index (κ3) is 4.17. The largest absolute Gasteiger partial charge is 0.372 e. The van der Waals surface area contributed by atoms with Crippen LogP contribution in [0.25, 0.3) is 0 Å². The number of rotatable bonds is 3. The van der Waals surface area contributed by atoms with Gasteiger partial charge in [0.25, 0.3) is 5.56 Å². The zero-order chi connectivity index (χ0) is 20.5. The molecule has 4 rings (SSSR count). The van der Waals surface area contributed by atoms with Crippen LogP contribution in [-0.2, 0) is 28.9 Å². The van der Waals surface area contributed by atoms with Crippen molar-refractivity contribution in [3.05, 3.63) is 57.3 Å². The number of fused-ring (bicyclic) bond motifs is 1. The second-order valence-electron chi connectivity index (χ2n) is 7.81. The maximum absolute atomic E-state index is 13.9. The van der Waals surface area contributed by atoms with Crippen molar-refractivity contribution in [2.24, 2.45) is 0 Å². The first-order valence-electron chi connectivity index (χ1n) is 9.94. The number of ether oxygens (including phenoxy) is 1. The molecule has 3 heterocycles. The Hall–Kier alpha value is -2.74. The van der Waals surface area contributed by atoms with Gasteiger partial charge in [-0.1, -0.05) is 18.2 Å². The summed E-state index contributed by atoms with van der Waals surface area (Å²) in [5.41, 5.74) is 1.46. The van der Waals surface area contributed by atoms with Crippen molar-refractivity contribution in [3.63, 3.8) is 0 Å². The number of nitrogens with zero attached hydrogens (tertiary/aromatic N) is 3. The van der Waals surface area contributed by atoms with Crippen molar-refractivity contribution >= 4 is 11.9 Å². The minimum absolute atomic E-state index is 0.00342. The van der Waals surface area contributed by atoms with Crippen molar-refractivity contribution in [3.8, 4) is 0 Å². The van der Waals surface area contributed by atoms with Gasteiger partial charge in [0.05, 0.1) is 30.9 Å². The molecule has 1 fully saturated rings. The first-order valence-corrected chi connectivity index (χ1v) is 9.94. The van der Waals surface area contributed by atoms with Crippen LogP contribution in [-0.4, -0.2) is 52.6 Å². The van der Waals surface area contributed by atoms with Gasteiger partial charge in [0.2, 0.25) is 11.9 Å². The molecule has 0 spiro atoms. The summed E-state index contributed by atoms with van der Waals surface area (Å²) >= 11 is 0. The number of amides is 1. The van der Waals surface area contributed by atoms with E-state index in [4.69, 9.17) is 4.74 Å². The van der Waals surface area contributed by atoms with Crippen LogP contribution in [0.3, 0.4) is 0 Å². The van der Waals surface area contributed by atoms with Crippen molar-refractivity contribution in [2.75, 3.05) is 24.5 Å². The normalized spacial score (nSPS) is 21.8. The predicted octanol–water partition coefficient (Wildman–Crippen LogP) is 1.65. The summed E-state index contributed by atoms with van der Waals surface area (Å²) in [7, 11) is 0. The molecule has 1 amide bonds. The molecule has 2 aliphatic heterocycles. The number of anilines is 1. The van der Waals surface area contributed by atoms with Gasteiger partial charge in [0, 0.05) is 25.2 Å². The summed E-state index contributed by atoms with van der Waals surface area (Å²) < 4.78 is 19.6. The summed E-state index contributed by atoms with van der Waals surface area (Å²) in [5, 5.41) is 0. The molecule has 29 heavy (non-hydrogen) atoms. The van der Waals surface area contributed by atoms with E-state index in [0.29, 0.717) is 48.8 Å². The van der Waals surface area contributed by atoms with Crippen LogP contribution in [0.5, 0.6) is 0 Å². The highest BCUT2D eigenvalue weighted by Gasteiger charge is 2.28. The number of halogens is 1. The molecule has 2 aromatic rings. The van der Waals surface area contributed by atoms with Crippen LogP contribution < -0.4 is 10.5 Å². The summed E-state index contributed by atoms with van der Waals surface area (Å²) in [5.74, 6) is -0.0391. The SMILES string of the molecule is C[C@H]1CN(c2nc3c(c(=O)[nH]2)CCN(C(=O)Cc2ccccc2F)C3)C[C@H](C)O1. The molecule has 1 aromatic heterocycles. The second-order valence-corrected chi connectivity index (χ2v) is 7.81. The second kappa shape index (κ2) is 7.94. The van der Waals surface area contributed by atoms with Gasteiger partial charge in [-0.05, 0) is 31.9 Å². The van der Waals surface area contributed by atoms with Crippen molar-refractivity contribution in [2.45, 2.75) is 45.4 Å². The van der Waals surface area contributed by atoms with Gasteiger partial charge in [0.15, 0.2) is 0 Å². The Morgan fingerprint density at radius 1 is 1.28 bits per heavy atom. The smallest absolute Gasteiger partial charge is 0.255 e. The summed E-state index contributed by atoms with van der Waals surface area (Å²) in [4.78, 5) is 36.5. The third-order valence-electron chi connectivity index (χ3n) is 5.43. The molecule has 7 nitrogen and oxygen atoms in total. The molecule has 8 heteroatoms. The Morgan fingerprint density at radius 2 is 2.00 bits per heavy atom. The Kier molecular flexibility index (Phi) is 5.36. The van der Waals surface area contributed by atoms with Gasteiger partial charge in [-0.25, -0.2) is 9.37 Å². The molecule has 2 aliphatic rings. The Morgan fingerprint density at radius 3 is 2.72 bits per heavy atom. The minimum Gasteiger partial charge on any atom is -0.372 e. The molecular formula is C21H25FN4O3. The first-order chi connectivity index (χ1) is 13.9. The maximum atomic E-state index is 13.9. The number of aromatic amines is 1. The summed E-state index contributed by atoms with van der Waals surface area (Å²) in [6, 6.07) is 6.29. The van der Waals surface area contributed by atoms with Gasteiger partial charge >= 0.3 is 0 Å². The molecule has 0 bridgehead atoms. The monoisotopic (exact) mass is 400 g/mol. The first kappa shape index (κ1) is 19.6. The third-order valence-corrected chi connectivity index (χ3v) is 5.43. The zero-order valence-corrected chi connectivity index (χ0v) is 16.7. The molecule has 0 saturated carbocycles. The van der Waals surface area contributed by atoms with E-state index >= 15 is 0 Å². The minimum atomic E-state index is -0.384. The molecule has 1 saturated heterocycles. The Balaban J connectivity index is 1.54. The highest BCUT2D eigenvalue weighted by molar-refractivity contribution is 5.79. The number of hydrogen-bond donors (Lipinski definition) is 1. The predicted molar refractivity (Wildman–Crippen MR) is 106 cm³/mol. The number of hydrogen-bond acceptors (Lipinski definition) is 5. The number of H-pyrrole nitrogens is 1. The quantitative estimate of drug-likeness (QED) is 0.848. The molecule has 0 radical (unpaired) electrons. The summed E-state index contributed by atoms with van der Waals surface area (Å²) in [6.45, 7) is 5.94. The number of aromatic nitrogens is 2. The van der Waals surface area contributed by atoms with Gasteiger partial charge in [-0.2, -0.15) is 0 Å². The number of morpholine rings is 1. The fraction of sp³-hybridized carbons (Fsp3) is 0.476. The standard InChI is InChI=1S/C21H25FN4O3/c1-13-10-26(11-14(2)29-13)21-23-18-12-25(8-7-16(18)20(28)24-21)19(27)9-15-5-3-4-6-17(15)22/h3-6,13-14H,7-12H2,1-2H3,(H,23,24,28)/t13-,14-/m0/s1. The van der Waals surface area contributed by atoms with Crippen molar-refractivity contribution in [1.82, 2.24) is 14.9 Å². The van der Waals surface area contributed by atoms with E-state index in [9.17, 15) is 14.0 Å². The Labute approximate surface area is 168 Å². The molecule has 2 atom stereocenters. The van der Waals surface area contributed by atoms with Gasteiger partial charge in [-0.3, -0.25) is 14.6 Å². The van der Waals surface area contributed by atoms with Gasteiger partial charge < -0.3 is 14.5 Å². The zero-order valence-electron chi connectivity index (χ0n) is 16.7. The fourth-order valence-electron chi connectivity index (χ4n) is 4.06. The van der Waals surface area contributed by atoms with Crippen LogP contribution in [0.1, 0.15) is 30.7 Å². The average molecular weight is 400 g/mol. The molecule has 1 aromatic carbocycles. The van der Waals surface area contributed by atoms with Crippen LogP contribution in [0.4, 0.5) is 10.3 Å². The highest BCUT2D eigenvalue weighted by Crippen LogP contribution is 2.20. The number of nitrogens with one attached hydrogen (secondary N) is 1. The van der Waals surface area contributed by atoms with Crippen molar-refractivity contribution < 1.29 is 13.9 Å². The maximum Gasteiger partial charge on any atom is 0.255 e. The lowest BCUT2D eigenvalue weighted by Crippen LogP contribution is -2.47. The summed E-state index contributed by atoms with van der Waals surface area (Å²) in [6.07, 6.45) is 0.519. The average Bonchev–Trinajstić information content (AvgIpc) is 2.68. The molecule has 1 N–H and O–H groups in total. The van der Waals surface area contributed by atoms with Crippen LogP contribution in [0.2, 0.25) is 0 Å². The van der Waals surface area contributed by atoms with E-state index in [1.54, 1.807) is 23.1 Å². The highest BCUT2D eigenvalue weighted by atomic mass is 19.1. The van der Waals surface area contributed by atoms with Gasteiger partial charge in [-0.15, -0.1) is 0 Å². The van der Waals surface area contributed by atoms with E-state index in [1.165, 1.54) is 6.07 Å². The van der Waals surface area contributed by atoms with E-state index in [-0.39, 0.29) is 42.5 Å². The topological polar surface area (TPSA) is 78.5 Å². The van der Waals surface area contributed by atoms with Crippen LogP contribution in [0, 0.1) is 5.82 Å². The van der Waals surface area contributed by atoms with Crippen molar-refractivity contribution in [1.29, 1.82) is 0 Å². The van der Waals surface area contributed by atoms with E-state index in [1.807, 2.05) is 18.7 Å². The van der Waals surface area contributed by atoms with E-state index in [2.05, 4.69) is 9.97 Å². The lowest BCUT2D eigenvalue weighted by atomic mass is 10.0. The van der Waals surface area contributed by atoms with E-state index in [0.717, 1.165) is 0 Å². The number of benzene rings is 1. The molecule has 0 aliphatic carbocycles. The number of carbonyl (C=O) groups is 1. The lowest BCUT2D eigenvalue weighted by Gasteiger charge is -2.36. The lowest BCUT2D eigenvalue weighted by molar-refractivity contribution is -0.131. The van der Waals surface area contributed by atoms with Crippen LogP contribution in [0.15, 0.2) is 29.1 Å². The van der Waals surface area contributed by atoms with E-state index < -0.39 is 0 Å². The molecule has 0 unspecified atom stereocenters.